The van der Waals surface area contributed by atoms with Gasteiger partial charge in [-0.3, -0.25) is 9.80 Å². The molecule has 3 aliphatic rings. The minimum atomic E-state index is -0.997. The van der Waals surface area contributed by atoms with Crippen LogP contribution in [0.5, 0.6) is 0 Å². The fourth-order valence-corrected chi connectivity index (χ4v) is 2.67. The third-order valence-corrected chi connectivity index (χ3v) is 4.15. The molecule has 3 nitrogen and oxygen atoms in total. The quantitative estimate of drug-likeness (QED) is 0.719. The summed E-state index contributed by atoms with van der Waals surface area (Å²) in [5.41, 5.74) is 0.938. The van der Waals surface area contributed by atoms with Crippen molar-refractivity contribution in [2.45, 2.75) is 51.2 Å². The zero-order valence-corrected chi connectivity index (χ0v) is 10.7. The molecule has 2 unspecified atom stereocenters. The summed E-state index contributed by atoms with van der Waals surface area (Å²) in [7, 11) is 0. The number of rotatable bonds is 4. The van der Waals surface area contributed by atoms with Gasteiger partial charge in [-0.1, -0.05) is 6.58 Å². The SMILES string of the molecule is C=C1C(F)CC(C2CC2)N1/N=C(\C)C(=O)C1CC1. The first-order valence-electron chi connectivity index (χ1n) is 6.79. The Morgan fingerprint density at radius 3 is 2.61 bits per heavy atom. The Morgan fingerprint density at radius 2 is 2.06 bits per heavy atom. The van der Waals surface area contributed by atoms with E-state index in [2.05, 4.69) is 11.7 Å². The minimum absolute atomic E-state index is 0.120. The fraction of sp³-hybridized carbons (Fsp3) is 0.714. The largest absolute Gasteiger partial charge is 0.292 e. The normalized spacial score (nSPS) is 33.1. The number of carbonyl (C=O) groups excluding carboxylic acids is 1. The van der Waals surface area contributed by atoms with E-state index in [-0.39, 0.29) is 17.7 Å². The smallest absolute Gasteiger partial charge is 0.181 e. The first-order valence-corrected chi connectivity index (χ1v) is 6.79. The van der Waals surface area contributed by atoms with Crippen molar-refractivity contribution in [2.24, 2.45) is 16.9 Å². The van der Waals surface area contributed by atoms with Crippen LogP contribution in [0.1, 0.15) is 39.0 Å². The summed E-state index contributed by atoms with van der Waals surface area (Å²) >= 11 is 0. The third kappa shape index (κ3) is 2.08. The maximum Gasteiger partial charge on any atom is 0.181 e. The first kappa shape index (κ1) is 11.9. The molecule has 0 spiro atoms. The number of hydrazone groups is 1. The molecule has 2 aliphatic carbocycles. The molecule has 98 valence electrons. The number of halogens is 1. The van der Waals surface area contributed by atoms with Crippen molar-refractivity contribution in [3.05, 3.63) is 12.3 Å². The summed E-state index contributed by atoms with van der Waals surface area (Å²) in [6.07, 6.45) is 3.73. The van der Waals surface area contributed by atoms with Crippen LogP contribution in [0.4, 0.5) is 4.39 Å². The molecule has 1 heterocycles. The number of hydrogen-bond donors (Lipinski definition) is 0. The van der Waals surface area contributed by atoms with Gasteiger partial charge < -0.3 is 0 Å². The molecule has 0 aromatic heterocycles. The molecule has 0 radical (unpaired) electrons. The Morgan fingerprint density at radius 1 is 1.39 bits per heavy atom. The Labute approximate surface area is 107 Å². The van der Waals surface area contributed by atoms with E-state index >= 15 is 0 Å². The molecule has 0 amide bonds. The van der Waals surface area contributed by atoms with Crippen LogP contribution >= 0.6 is 0 Å². The van der Waals surface area contributed by atoms with E-state index in [1.165, 1.54) is 0 Å². The van der Waals surface area contributed by atoms with Gasteiger partial charge in [0.05, 0.1) is 11.7 Å². The Balaban J connectivity index is 1.77. The number of nitrogens with zero attached hydrogens (tertiary/aromatic N) is 2. The van der Waals surface area contributed by atoms with E-state index in [9.17, 15) is 9.18 Å². The summed E-state index contributed by atoms with van der Waals surface area (Å²) in [5.74, 6) is 0.833. The number of hydrogen-bond acceptors (Lipinski definition) is 3. The lowest BCUT2D eigenvalue weighted by atomic mass is 10.1. The number of allylic oxidation sites excluding steroid dienone is 1. The lowest BCUT2D eigenvalue weighted by Gasteiger charge is -2.22. The Kier molecular flexibility index (Phi) is 2.76. The summed E-state index contributed by atoms with van der Waals surface area (Å²) in [5, 5.41) is 6.06. The van der Waals surface area contributed by atoms with Crippen molar-refractivity contribution in [1.82, 2.24) is 5.01 Å². The second-order valence-electron chi connectivity index (χ2n) is 5.77. The van der Waals surface area contributed by atoms with Gasteiger partial charge in [-0.15, -0.1) is 0 Å². The lowest BCUT2D eigenvalue weighted by Crippen LogP contribution is -2.27. The molecule has 0 aromatic rings. The minimum Gasteiger partial charge on any atom is -0.292 e. The zero-order valence-electron chi connectivity index (χ0n) is 10.7. The summed E-state index contributed by atoms with van der Waals surface area (Å²) in [6.45, 7) is 5.52. The highest BCUT2D eigenvalue weighted by molar-refractivity contribution is 6.40. The monoisotopic (exact) mass is 250 g/mol. The average molecular weight is 250 g/mol. The van der Waals surface area contributed by atoms with Gasteiger partial charge in [0.2, 0.25) is 0 Å². The maximum absolute atomic E-state index is 13.7. The van der Waals surface area contributed by atoms with Crippen LogP contribution in [0, 0.1) is 11.8 Å². The Hall–Kier alpha value is -1.19. The van der Waals surface area contributed by atoms with Crippen molar-refractivity contribution in [3.8, 4) is 0 Å². The second-order valence-corrected chi connectivity index (χ2v) is 5.77. The molecular weight excluding hydrogens is 231 g/mol. The van der Waals surface area contributed by atoms with Gasteiger partial charge in [-0.25, -0.2) is 4.39 Å². The Bertz CT molecular complexity index is 424. The van der Waals surface area contributed by atoms with Gasteiger partial charge in [0.25, 0.3) is 0 Å². The number of alkyl halides is 1. The van der Waals surface area contributed by atoms with E-state index in [1.54, 1.807) is 11.9 Å². The molecule has 0 bridgehead atoms. The van der Waals surface area contributed by atoms with Crippen LogP contribution in [0.25, 0.3) is 0 Å². The topological polar surface area (TPSA) is 32.7 Å². The zero-order chi connectivity index (χ0) is 12.9. The molecule has 4 heteroatoms. The summed E-state index contributed by atoms with van der Waals surface area (Å²) < 4.78 is 13.7. The van der Waals surface area contributed by atoms with Crippen molar-refractivity contribution < 1.29 is 9.18 Å². The van der Waals surface area contributed by atoms with E-state index < -0.39 is 6.17 Å². The van der Waals surface area contributed by atoms with Crippen molar-refractivity contribution in [3.63, 3.8) is 0 Å². The molecular formula is C14H19FN2O. The van der Waals surface area contributed by atoms with Crippen LogP contribution in [0.3, 0.4) is 0 Å². The molecule has 2 saturated carbocycles. The van der Waals surface area contributed by atoms with Crippen molar-refractivity contribution in [1.29, 1.82) is 0 Å². The van der Waals surface area contributed by atoms with Gasteiger partial charge in [-0.05, 0) is 38.5 Å². The third-order valence-electron chi connectivity index (χ3n) is 4.15. The van der Waals surface area contributed by atoms with Crippen molar-refractivity contribution in [2.75, 3.05) is 0 Å². The molecule has 3 fully saturated rings. The second kappa shape index (κ2) is 4.18. The maximum atomic E-state index is 13.7. The van der Waals surface area contributed by atoms with Crippen molar-refractivity contribution >= 4 is 11.5 Å². The average Bonchev–Trinajstić information content (AvgIpc) is 3.23. The molecule has 2 atom stereocenters. The van der Waals surface area contributed by atoms with Crippen LogP contribution < -0.4 is 0 Å². The van der Waals surface area contributed by atoms with Gasteiger partial charge in [0.15, 0.2) is 5.78 Å². The predicted octanol–water partition coefficient (Wildman–Crippen LogP) is 2.68. The van der Waals surface area contributed by atoms with Gasteiger partial charge in [0.1, 0.15) is 11.9 Å². The van der Waals surface area contributed by atoms with Gasteiger partial charge in [-0.2, -0.15) is 5.10 Å². The predicted molar refractivity (Wildman–Crippen MR) is 67.8 cm³/mol. The molecule has 0 aromatic carbocycles. The first-order chi connectivity index (χ1) is 8.58. The highest BCUT2D eigenvalue weighted by atomic mass is 19.1. The molecule has 18 heavy (non-hydrogen) atoms. The summed E-state index contributed by atoms with van der Waals surface area (Å²) in [4.78, 5) is 11.9. The van der Waals surface area contributed by atoms with E-state index in [0.29, 0.717) is 23.7 Å². The van der Waals surface area contributed by atoms with E-state index in [1.807, 2.05) is 0 Å². The molecule has 1 saturated heterocycles. The van der Waals surface area contributed by atoms with E-state index in [4.69, 9.17) is 0 Å². The van der Waals surface area contributed by atoms with Gasteiger partial charge >= 0.3 is 0 Å². The summed E-state index contributed by atoms with van der Waals surface area (Å²) in [6, 6.07) is 0.120. The van der Waals surface area contributed by atoms with Crippen LogP contribution in [-0.4, -0.2) is 28.7 Å². The molecule has 0 N–H and O–H groups in total. The van der Waals surface area contributed by atoms with Crippen LogP contribution in [0.2, 0.25) is 0 Å². The van der Waals surface area contributed by atoms with Gasteiger partial charge in [0, 0.05) is 12.3 Å². The molecule has 1 aliphatic heterocycles. The number of Topliss-reactive ketones (excluding diaryl/α,β-unsaturated/α-hetero) is 1. The molecule has 3 rings (SSSR count). The lowest BCUT2D eigenvalue weighted by molar-refractivity contribution is -0.114. The number of carbonyl (C=O) groups is 1. The van der Waals surface area contributed by atoms with Crippen LogP contribution in [0.15, 0.2) is 17.4 Å². The highest BCUT2D eigenvalue weighted by Gasteiger charge is 2.44. The highest BCUT2D eigenvalue weighted by Crippen LogP contribution is 2.44. The van der Waals surface area contributed by atoms with E-state index in [0.717, 1.165) is 25.7 Å². The fourth-order valence-electron chi connectivity index (χ4n) is 2.67. The standard InChI is InChI=1S/C14H19FN2O/c1-8(14(18)11-5-6-11)16-17-9(2)12(15)7-13(17)10-3-4-10/h10-13H,2-7H2,1H3/b16-8+. The van der Waals surface area contributed by atoms with Crippen LogP contribution in [-0.2, 0) is 4.79 Å². The number of ketones is 1.